The third-order valence-corrected chi connectivity index (χ3v) is 6.08. The lowest BCUT2D eigenvalue weighted by Crippen LogP contribution is -2.30. The van der Waals surface area contributed by atoms with E-state index in [4.69, 9.17) is 21.1 Å². The second-order valence-corrected chi connectivity index (χ2v) is 8.92. The number of halogens is 2. The highest BCUT2D eigenvalue weighted by atomic mass is 79.9. The van der Waals surface area contributed by atoms with E-state index in [0.29, 0.717) is 45.5 Å². The number of carbonyl (C=O) groups excluding carboxylic acids is 2. The van der Waals surface area contributed by atoms with Crippen molar-refractivity contribution in [1.82, 2.24) is 5.32 Å². The molecule has 1 fully saturated rings. The van der Waals surface area contributed by atoms with E-state index < -0.39 is 11.9 Å². The first-order valence-electron chi connectivity index (χ1n) is 10.6. The van der Waals surface area contributed by atoms with E-state index >= 15 is 0 Å². The molecule has 0 bridgehead atoms. The molecule has 0 aliphatic carbocycles. The number of rotatable bonds is 7. The summed E-state index contributed by atoms with van der Waals surface area (Å²) >= 11 is 9.46. The van der Waals surface area contributed by atoms with Crippen LogP contribution in [0.1, 0.15) is 23.6 Å². The predicted octanol–water partition coefficient (Wildman–Crippen LogP) is 6.49. The fraction of sp³-hybridized carbons (Fsp3) is 0.154. The van der Waals surface area contributed by atoms with E-state index in [1.165, 1.54) is 5.56 Å². The number of nitrogens with one attached hydrogen (secondary N) is 1. The van der Waals surface area contributed by atoms with Crippen molar-refractivity contribution in [3.05, 3.63) is 92.5 Å². The quantitative estimate of drug-likeness (QED) is 0.274. The van der Waals surface area contributed by atoms with Crippen LogP contribution >= 0.6 is 27.5 Å². The van der Waals surface area contributed by atoms with E-state index in [1.807, 2.05) is 38.1 Å². The average molecular weight is 542 g/mol. The summed E-state index contributed by atoms with van der Waals surface area (Å²) in [5.74, 6) is 0.647. The Morgan fingerprint density at radius 2 is 1.68 bits per heavy atom. The van der Waals surface area contributed by atoms with Gasteiger partial charge in [0.2, 0.25) is 0 Å². The van der Waals surface area contributed by atoms with Gasteiger partial charge in [-0.3, -0.25) is 4.79 Å². The van der Waals surface area contributed by atoms with Gasteiger partial charge < -0.3 is 14.8 Å². The third kappa shape index (κ3) is 5.26. The van der Waals surface area contributed by atoms with Crippen LogP contribution in [0.15, 0.2) is 70.8 Å². The molecule has 0 radical (unpaired) electrons. The number of aryl methyl sites for hydroxylation is 1. The summed E-state index contributed by atoms with van der Waals surface area (Å²) in [6, 6.07) is 17.6. The largest absolute Gasteiger partial charge is 0.490 e. The van der Waals surface area contributed by atoms with Crippen LogP contribution in [0.4, 0.5) is 10.5 Å². The fourth-order valence-corrected chi connectivity index (χ4v) is 3.97. The molecule has 3 aromatic carbocycles. The number of hydrogen-bond acceptors (Lipinski definition) is 4. The summed E-state index contributed by atoms with van der Waals surface area (Å²) in [6.07, 6.45) is 1.60. The first-order chi connectivity index (χ1) is 16.4. The van der Waals surface area contributed by atoms with Gasteiger partial charge in [0, 0.05) is 9.50 Å². The molecule has 1 aliphatic heterocycles. The Bertz CT molecular complexity index is 1260. The Hall–Kier alpha value is -3.29. The van der Waals surface area contributed by atoms with Crippen molar-refractivity contribution in [3.63, 3.8) is 0 Å². The number of anilines is 1. The van der Waals surface area contributed by atoms with Gasteiger partial charge in [0.25, 0.3) is 5.91 Å². The zero-order valence-corrected chi connectivity index (χ0v) is 20.9. The van der Waals surface area contributed by atoms with E-state index in [0.717, 1.165) is 10.5 Å². The second kappa shape index (κ2) is 10.3. The van der Waals surface area contributed by atoms with Gasteiger partial charge in [-0.2, -0.15) is 0 Å². The lowest BCUT2D eigenvalue weighted by atomic mass is 10.1. The zero-order valence-electron chi connectivity index (χ0n) is 18.6. The molecule has 0 saturated carbocycles. The summed E-state index contributed by atoms with van der Waals surface area (Å²) in [7, 11) is 0. The van der Waals surface area contributed by atoms with Crippen molar-refractivity contribution in [2.24, 2.45) is 0 Å². The summed E-state index contributed by atoms with van der Waals surface area (Å²) < 4.78 is 12.5. The Labute approximate surface area is 211 Å². The number of nitrogens with zero attached hydrogens (tertiary/aromatic N) is 1. The maximum atomic E-state index is 12.9. The van der Waals surface area contributed by atoms with Crippen molar-refractivity contribution < 1.29 is 19.1 Å². The molecule has 34 heavy (non-hydrogen) atoms. The summed E-state index contributed by atoms with van der Waals surface area (Å²) in [5.41, 5.74) is 3.47. The lowest BCUT2D eigenvalue weighted by molar-refractivity contribution is -0.113. The van der Waals surface area contributed by atoms with Gasteiger partial charge in [0.05, 0.1) is 12.3 Å². The van der Waals surface area contributed by atoms with Crippen LogP contribution in [-0.2, 0) is 11.4 Å². The molecule has 0 aromatic heterocycles. The minimum Gasteiger partial charge on any atom is -0.490 e. The maximum absolute atomic E-state index is 12.9. The van der Waals surface area contributed by atoms with Crippen molar-refractivity contribution in [1.29, 1.82) is 0 Å². The fourth-order valence-electron chi connectivity index (χ4n) is 3.40. The lowest BCUT2D eigenvalue weighted by Gasteiger charge is -2.14. The Balaban J connectivity index is 1.59. The first kappa shape index (κ1) is 23.9. The van der Waals surface area contributed by atoms with Crippen LogP contribution < -0.4 is 19.7 Å². The van der Waals surface area contributed by atoms with Gasteiger partial charge in [-0.25, -0.2) is 9.69 Å². The number of amides is 3. The summed E-state index contributed by atoms with van der Waals surface area (Å²) in [6.45, 7) is 4.75. The Morgan fingerprint density at radius 1 is 1.00 bits per heavy atom. The number of hydrogen-bond donors (Lipinski definition) is 1. The molecule has 1 heterocycles. The molecule has 1 N–H and O–H groups in total. The van der Waals surface area contributed by atoms with Gasteiger partial charge in [0.1, 0.15) is 12.3 Å². The van der Waals surface area contributed by atoms with Crippen LogP contribution in [0.2, 0.25) is 5.02 Å². The molecule has 1 saturated heterocycles. The molecule has 8 heteroatoms. The smallest absolute Gasteiger partial charge is 0.333 e. The monoisotopic (exact) mass is 540 g/mol. The van der Waals surface area contributed by atoms with E-state index in [-0.39, 0.29) is 5.70 Å². The summed E-state index contributed by atoms with van der Waals surface area (Å²) in [5, 5.41) is 3.15. The minimum atomic E-state index is -0.530. The highest BCUT2D eigenvalue weighted by Gasteiger charge is 2.35. The molecule has 0 spiro atoms. The van der Waals surface area contributed by atoms with Gasteiger partial charge in [-0.1, -0.05) is 57.4 Å². The highest BCUT2D eigenvalue weighted by Crippen LogP contribution is 2.36. The van der Waals surface area contributed by atoms with Crippen LogP contribution in [0.5, 0.6) is 11.5 Å². The zero-order chi connectivity index (χ0) is 24.2. The first-order valence-corrected chi connectivity index (χ1v) is 11.8. The maximum Gasteiger partial charge on any atom is 0.333 e. The molecule has 4 rings (SSSR count). The number of urea groups is 1. The topological polar surface area (TPSA) is 67.9 Å². The number of imide groups is 1. The molecular formula is C26H22BrClN2O4. The van der Waals surface area contributed by atoms with Gasteiger partial charge in [-0.15, -0.1) is 0 Å². The van der Waals surface area contributed by atoms with Gasteiger partial charge >= 0.3 is 6.03 Å². The molecule has 3 amide bonds. The van der Waals surface area contributed by atoms with Crippen LogP contribution in [0, 0.1) is 6.92 Å². The van der Waals surface area contributed by atoms with Crippen molar-refractivity contribution in [3.8, 4) is 11.5 Å². The normalized spacial score (nSPS) is 14.5. The number of benzene rings is 3. The third-order valence-electron chi connectivity index (χ3n) is 5.14. The Morgan fingerprint density at radius 3 is 2.35 bits per heavy atom. The average Bonchev–Trinajstić information content (AvgIpc) is 3.09. The minimum absolute atomic E-state index is 0.149. The number of carbonyl (C=O) groups is 2. The molecule has 6 nitrogen and oxygen atoms in total. The van der Waals surface area contributed by atoms with Crippen molar-refractivity contribution in [2.45, 2.75) is 20.5 Å². The molecule has 0 unspecified atom stereocenters. The SMILES string of the molecule is CCOc1cc(/C=C2/NC(=O)N(c3ccc(Cl)cc3)C2=O)c(Br)cc1OCc1ccc(C)cc1. The van der Waals surface area contributed by atoms with Crippen LogP contribution in [-0.4, -0.2) is 18.5 Å². The standard InChI is InChI=1S/C26H22BrClN2O4/c1-3-33-23-13-18(21(27)14-24(23)34-15-17-6-4-16(2)5-7-17)12-22-25(31)30(26(32)29-22)20-10-8-19(28)9-11-20/h4-14H,3,15H2,1-2H3,(H,29,32)/b22-12+. The predicted molar refractivity (Wildman–Crippen MR) is 136 cm³/mol. The van der Waals surface area contributed by atoms with Gasteiger partial charge in [-0.05, 0) is 67.4 Å². The highest BCUT2D eigenvalue weighted by molar-refractivity contribution is 9.10. The van der Waals surface area contributed by atoms with Crippen LogP contribution in [0.25, 0.3) is 6.08 Å². The van der Waals surface area contributed by atoms with E-state index in [1.54, 1.807) is 42.5 Å². The molecule has 174 valence electrons. The molecule has 0 atom stereocenters. The molecule has 1 aliphatic rings. The molecular weight excluding hydrogens is 520 g/mol. The van der Waals surface area contributed by atoms with Crippen molar-refractivity contribution in [2.75, 3.05) is 11.5 Å². The van der Waals surface area contributed by atoms with E-state index in [2.05, 4.69) is 21.2 Å². The van der Waals surface area contributed by atoms with Crippen molar-refractivity contribution >= 4 is 51.2 Å². The second-order valence-electron chi connectivity index (χ2n) is 7.63. The number of ether oxygens (including phenoxy) is 2. The van der Waals surface area contributed by atoms with Gasteiger partial charge in [0.15, 0.2) is 11.5 Å². The van der Waals surface area contributed by atoms with Crippen LogP contribution in [0.3, 0.4) is 0 Å². The van der Waals surface area contributed by atoms with E-state index in [9.17, 15) is 9.59 Å². The molecule has 3 aromatic rings. The summed E-state index contributed by atoms with van der Waals surface area (Å²) in [4.78, 5) is 26.5. The Kier molecular flexibility index (Phi) is 7.24.